The van der Waals surface area contributed by atoms with Crippen LogP contribution in [0, 0.1) is 11.3 Å². The fraction of sp³-hybridized carbons (Fsp3) is 0.571. The summed E-state index contributed by atoms with van der Waals surface area (Å²) in [6, 6.07) is 6.00. The van der Waals surface area contributed by atoms with E-state index in [9.17, 15) is 19.5 Å². The van der Waals surface area contributed by atoms with Gasteiger partial charge in [-0.1, -0.05) is 32.9 Å². The summed E-state index contributed by atoms with van der Waals surface area (Å²) in [7, 11) is 0. The van der Waals surface area contributed by atoms with Gasteiger partial charge in [-0.15, -0.1) is 5.06 Å². The molecule has 1 aliphatic rings. The molecule has 0 spiro atoms. The van der Waals surface area contributed by atoms with E-state index in [1.807, 2.05) is 20.8 Å². The highest BCUT2D eigenvalue weighted by Gasteiger charge is 2.40. The molecule has 29 heavy (non-hydrogen) atoms. The van der Waals surface area contributed by atoms with Crippen LogP contribution in [0.5, 0.6) is 0 Å². The van der Waals surface area contributed by atoms with Crippen molar-refractivity contribution in [1.29, 1.82) is 0 Å². The minimum atomic E-state index is -0.891. The third-order valence-corrected chi connectivity index (χ3v) is 5.86. The first-order valence-corrected chi connectivity index (χ1v) is 9.93. The lowest BCUT2D eigenvalue weighted by Crippen LogP contribution is -2.46. The maximum absolute atomic E-state index is 12.2. The van der Waals surface area contributed by atoms with E-state index in [4.69, 9.17) is 15.3 Å². The Morgan fingerprint density at radius 3 is 2.14 bits per heavy atom. The number of carbonyl (C=O) groups excluding carboxylic acids is 2. The zero-order valence-corrected chi connectivity index (χ0v) is 17.2. The number of carboxylic acid groups (broad SMARTS) is 1. The Kier molecular flexibility index (Phi) is 7.89. The fourth-order valence-electron chi connectivity index (χ4n) is 3.65. The Morgan fingerprint density at radius 1 is 1.10 bits per heavy atom. The Balaban J connectivity index is 1.75. The number of carbonyl (C=O) groups is 3. The molecule has 1 aliphatic heterocycles. The van der Waals surface area contributed by atoms with E-state index < -0.39 is 29.7 Å². The number of nitrogens with zero attached hydrogens (tertiary/aromatic N) is 1. The number of rotatable bonds is 12. The molecule has 2 rings (SSSR count). The molecular formula is C21H30N2O6. The quantitative estimate of drug-likeness (QED) is 0.404. The average Bonchev–Trinajstić information content (AvgIpc) is 2.95. The van der Waals surface area contributed by atoms with Crippen molar-refractivity contribution in [3.8, 4) is 0 Å². The summed E-state index contributed by atoms with van der Waals surface area (Å²) in [5.41, 5.74) is 6.43. The van der Waals surface area contributed by atoms with Crippen LogP contribution < -0.4 is 5.73 Å². The largest absolute Gasteiger partial charge is 0.481 e. The van der Waals surface area contributed by atoms with Gasteiger partial charge in [-0.3, -0.25) is 19.2 Å². The monoisotopic (exact) mass is 406 g/mol. The Morgan fingerprint density at radius 2 is 1.66 bits per heavy atom. The highest BCUT2D eigenvalue weighted by molar-refractivity contribution is 6.20. The standard InChI is InChI=1S/C21H30N2O6/c1-4-21(3,5-2)17(20(26)27)16(22)10-11-28-12-13-29-23-18(24)14-8-6-7-9-15(14)19(23)25/h6-9,16-17H,4-5,10-13,22H2,1-3H3,(H,26,27)/t16?,17-/m0/s1. The first kappa shape index (κ1) is 23.0. The lowest BCUT2D eigenvalue weighted by atomic mass is 9.69. The topological polar surface area (TPSA) is 119 Å². The second-order valence-corrected chi connectivity index (χ2v) is 7.53. The molecule has 0 fully saturated rings. The van der Waals surface area contributed by atoms with Gasteiger partial charge in [0.2, 0.25) is 0 Å². The normalized spacial score (nSPS) is 16.1. The maximum atomic E-state index is 12.2. The number of hydroxylamine groups is 2. The van der Waals surface area contributed by atoms with Gasteiger partial charge >= 0.3 is 5.97 Å². The maximum Gasteiger partial charge on any atom is 0.308 e. The lowest BCUT2D eigenvalue weighted by molar-refractivity contribution is -0.148. The van der Waals surface area contributed by atoms with Crippen LogP contribution in [0.15, 0.2) is 24.3 Å². The fourth-order valence-corrected chi connectivity index (χ4v) is 3.65. The smallest absolute Gasteiger partial charge is 0.308 e. The second-order valence-electron chi connectivity index (χ2n) is 7.53. The Labute approximate surface area is 170 Å². The minimum absolute atomic E-state index is 0.0186. The molecule has 1 aromatic rings. The zero-order valence-electron chi connectivity index (χ0n) is 17.2. The molecule has 8 heteroatoms. The van der Waals surface area contributed by atoms with Gasteiger partial charge in [0, 0.05) is 12.6 Å². The van der Waals surface area contributed by atoms with Crippen molar-refractivity contribution in [2.45, 2.75) is 46.1 Å². The van der Waals surface area contributed by atoms with Crippen LogP contribution in [0.2, 0.25) is 0 Å². The number of nitrogens with two attached hydrogens (primary N) is 1. The predicted octanol–water partition coefficient (Wildman–Crippen LogP) is 2.48. The summed E-state index contributed by atoms with van der Waals surface area (Å²) >= 11 is 0. The molecule has 8 nitrogen and oxygen atoms in total. The number of hydrogen-bond donors (Lipinski definition) is 2. The zero-order chi connectivity index (χ0) is 21.6. The first-order chi connectivity index (χ1) is 13.8. The van der Waals surface area contributed by atoms with Crippen molar-refractivity contribution in [3.05, 3.63) is 35.4 Å². The summed E-state index contributed by atoms with van der Waals surface area (Å²) in [5, 5.41) is 10.4. The minimum Gasteiger partial charge on any atom is -0.481 e. The number of benzene rings is 1. The molecule has 0 bridgehead atoms. The van der Waals surface area contributed by atoms with E-state index in [1.165, 1.54) is 0 Å². The van der Waals surface area contributed by atoms with Crippen LogP contribution in [-0.2, 0) is 14.4 Å². The van der Waals surface area contributed by atoms with Crippen LogP contribution in [0.4, 0.5) is 0 Å². The van der Waals surface area contributed by atoms with Crippen LogP contribution in [0.3, 0.4) is 0 Å². The molecule has 2 atom stereocenters. The van der Waals surface area contributed by atoms with E-state index in [0.29, 0.717) is 17.5 Å². The summed E-state index contributed by atoms with van der Waals surface area (Å²) in [6.07, 6.45) is 1.84. The second kappa shape index (κ2) is 9.96. The van der Waals surface area contributed by atoms with Crippen molar-refractivity contribution in [3.63, 3.8) is 0 Å². The molecule has 0 saturated carbocycles. The molecule has 3 N–H and O–H groups in total. The molecule has 1 heterocycles. The molecule has 0 saturated heterocycles. The predicted molar refractivity (Wildman–Crippen MR) is 106 cm³/mol. The summed E-state index contributed by atoms with van der Waals surface area (Å²) in [4.78, 5) is 41.4. The molecule has 160 valence electrons. The van der Waals surface area contributed by atoms with Gasteiger partial charge in [-0.25, -0.2) is 0 Å². The van der Waals surface area contributed by atoms with E-state index in [-0.39, 0.29) is 25.2 Å². The van der Waals surface area contributed by atoms with Gasteiger partial charge in [0.1, 0.15) is 0 Å². The van der Waals surface area contributed by atoms with Crippen LogP contribution in [-0.4, -0.2) is 53.8 Å². The number of hydrogen-bond acceptors (Lipinski definition) is 6. The van der Waals surface area contributed by atoms with E-state index >= 15 is 0 Å². The summed E-state index contributed by atoms with van der Waals surface area (Å²) in [5.74, 6) is -2.53. The van der Waals surface area contributed by atoms with E-state index in [0.717, 1.165) is 17.9 Å². The third-order valence-electron chi connectivity index (χ3n) is 5.86. The SMILES string of the molecule is CCC(C)(CC)[C@H](C(=O)O)C(N)CCOCCON1C(=O)c2ccccc2C1=O. The van der Waals surface area contributed by atoms with Crippen LogP contribution in [0.25, 0.3) is 0 Å². The lowest BCUT2D eigenvalue weighted by Gasteiger charge is -2.37. The van der Waals surface area contributed by atoms with Crippen LogP contribution in [0.1, 0.15) is 60.7 Å². The third kappa shape index (κ3) is 5.01. The summed E-state index contributed by atoms with van der Waals surface area (Å²) < 4.78 is 5.47. The molecule has 2 amide bonds. The Hall–Kier alpha value is -2.29. The van der Waals surface area contributed by atoms with Gasteiger partial charge < -0.3 is 15.6 Å². The van der Waals surface area contributed by atoms with E-state index in [1.54, 1.807) is 24.3 Å². The number of ether oxygens (including phenoxy) is 1. The number of aliphatic carboxylic acids is 1. The van der Waals surface area contributed by atoms with Gasteiger partial charge in [-0.05, 0) is 36.8 Å². The van der Waals surface area contributed by atoms with Crippen molar-refractivity contribution in [2.24, 2.45) is 17.1 Å². The Bertz CT molecular complexity index is 711. The van der Waals surface area contributed by atoms with Crippen molar-refractivity contribution in [2.75, 3.05) is 19.8 Å². The molecule has 0 aromatic heterocycles. The summed E-state index contributed by atoms with van der Waals surface area (Å²) in [6.45, 7) is 6.32. The van der Waals surface area contributed by atoms with Gasteiger partial charge in [-0.2, -0.15) is 0 Å². The molecule has 0 aliphatic carbocycles. The first-order valence-electron chi connectivity index (χ1n) is 9.93. The number of carboxylic acids is 1. The van der Waals surface area contributed by atoms with Gasteiger partial charge in [0.25, 0.3) is 11.8 Å². The van der Waals surface area contributed by atoms with Crippen molar-refractivity contribution >= 4 is 17.8 Å². The number of fused-ring (bicyclic) bond motifs is 1. The highest BCUT2D eigenvalue weighted by Crippen LogP contribution is 2.37. The molecule has 1 unspecified atom stereocenters. The highest BCUT2D eigenvalue weighted by atomic mass is 16.7. The number of amides is 2. The van der Waals surface area contributed by atoms with E-state index in [2.05, 4.69) is 0 Å². The van der Waals surface area contributed by atoms with Crippen molar-refractivity contribution < 1.29 is 29.1 Å². The average molecular weight is 406 g/mol. The molecule has 1 aromatic carbocycles. The molecular weight excluding hydrogens is 376 g/mol. The van der Waals surface area contributed by atoms with Crippen molar-refractivity contribution in [1.82, 2.24) is 5.06 Å². The van der Waals surface area contributed by atoms with Crippen LogP contribution >= 0.6 is 0 Å². The molecule has 0 radical (unpaired) electrons. The van der Waals surface area contributed by atoms with Gasteiger partial charge in [0.15, 0.2) is 0 Å². The van der Waals surface area contributed by atoms with Gasteiger partial charge in [0.05, 0.1) is 30.3 Å². The number of imide groups is 1.